The zero-order chi connectivity index (χ0) is 19.2. The summed E-state index contributed by atoms with van der Waals surface area (Å²) >= 11 is 1.35. The van der Waals surface area contributed by atoms with Crippen LogP contribution in [0.25, 0.3) is 10.2 Å². The molecule has 3 rings (SSSR count). The molecule has 27 heavy (non-hydrogen) atoms. The number of amides is 1. The molecule has 0 spiro atoms. The van der Waals surface area contributed by atoms with Crippen molar-refractivity contribution in [1.82, 2.24) is 15.3 Å². The van der Waals surface area contributed by atoms with E-state index in [0.29, 0.717) is 4.88 Å². The number of nitrogens with one attached hydrogen (secondary N) is 2. The van der Waals surface area contributed by atoms with Crippen LogP contribution in [0.5, 0.6) is 0 Å². The molecule has 3 N–H and O–H groups in total. The van der Waals surface area contributed by atoms with E-state index in [2.05, 4.69) is 44.9 Å². The Kier molecular flexibility index (Phi) is 6.36. The summed E-state index contributed by atoms with van der Waals surface area (Å²) < 4.78 is 0. The fourth-order valence-corrected chi connectivity index (χ4v) is 3.95. The standard InChI is InChI=1S/C20H24N4O2S/c1-13(11-25)24-19(26)17-14(2)16-18(22-12-23-20(16)27-17)21-10-6-9-15-7-4-3-5-8-15/h3-5,7-8,12-13,25H,6,9-11H2,1-2H3,(H,24,26)(H,21,22,23). The summed E-state index contributed by atoms with van der Waals surface area (Å²) in [5, 5.41) is 16.2. The Labute approximate surface area is 162 Å². The highest BCUT2D eigenvalue weighted by atomic mass is 32.1. The van der Waals surface area contributed by atoms with Gasteiger partial charge in [0.05, 0.1) is 16.9 Å². The number of benzene rings is 1. The number of hydrogen-bond acceptors (Lipinski definition) is 6. The molecular weight excluding hydrogens is 360 g/mol. The van der Waals surface area contributed by atoms with Crippen molar-refractivity contribution in [2.24, 2.45) is 0 Å². The minimum Gasteiger partial charge on any atom is -0.394 e. The van der Waals surface area contributed by atoms with Gasteiger partial charge in [0, 0.05) is 12.6 Å². The summed E-state index contributed by atoms with van der Waals surface area (Å²) in [5.41, 5.74) is 2.18. The van der Waals surface area contributed by atoms with Crippen molar-refractivity contribution in [3.8, 4) is 0 Å². The maximum Gasteiger partial charge on any atom is 0.262 e. The minimum absolute atomic E-state index is 0.0935. The molecule has 0 aliphatic heterocycles. The molecule has 0 saturated heterocycles. The van der Waals surface area contributed by atoms with Gasteiger partial charge in [0.1, 0.15) is 17.0 Å². The van der Waals surface area contributed by atoms with Crippen molar-refractivity contribution in [3.63, 3.8) is 0 Å². The van der Waals surface area contributed by atoms with Gasteiger partial charge < -0.3 is 15.7 Å². The lowest BCUT2D eigenvalue weighted by atomic mass is 10.1. The van der Waals surface area contributed by atoms with Gasteiger partial charge >= 0.3 is 0 Å². The van der Waals surface area contributed by atoms with E-state index in [1.54, 1.807) is 6.92 Å². The molecule has 1 unspecified atom stereocenters. The van der Waals surface area contributed by atoms with Crippen molar-refractivity contribution in [3.05, 3.63) is 52.7 Å². The molecule has 6 nitrogen and oxygen atoms in total. The number of aliphatic hydroxyl groups is 1. The number of carbonyl (C=O) groups is 1. The van der Waals surface area contributed by atoms with Crippen molar-refractivity contribution >= 4 is 33.3 Å². The van der Waals surface area contributed by atoms with Crippen LogP contribution in [0.2, 0.25) is 0 Å². The summed E-state index contributed by atoms with van der Waals surface area (Å²) in [6.07, 6.45) is 3.51. The van der Waals surface area contributed by atoms with Gasteiger partial charge in [-0.05, 0) is 37.8 Å². The molecule has 2 heterocycles. The Hall–Kier alpha value is -2.51. The molecule has 1 amide bonds. The van der Waals surface area contributed by atoms with E-state index in [9.17, 15) is 4.79 Å². The second-order valence-corrected chi connectivity index (χ2v) is 7.53. The number of fused-ring (bicyclic) bond motifs is 1. The van der Waals surface area contributed by atoms with Gasteiger partial charge in [-0.1, -0.05) is 30.3 Å². The highest BCUT2D eigenvalue weighted by molar-refractivity contribution is 7.20. The van der Waals surface area contributed by atoms with E-state index in [1.807, 2.05) is 13.0 Å². The number of carbonyl (C=O) groups excluding carboxylic acids is 1. The van der Waals surface area contributed by atoms with E-state index >= 15 is 0 Å². The van der Waals surface area contributed by atoms with Gasteiger partial charge in [0.2, 0.25) is 0 Å². The molecule has 1 atom stereocenters. The molecule has 2 aromatic heterocycles. The van der Waals surface area contributed by atoms with Crippen LogP contribution < -0.4 is 10.6 Å². The van der Waals surface area contributed by atoms with Gasteiger partial charge in [-0.15, -0.1) is 11.3 Å². The van der Waals surface area contributed by atoms with E-state index < -0.39 is 0 Å². The van der Waals surface area contributed by atoms with Crippen LogP contribution in [-0.2, 0) is 6.42 Å². The smallest absolute Gasteiger partial charge is 0.262 e. The Balaban J connectivity index is 1.71. The molecule has 0 radical (unpaired) electrons. The summed E-state index contributed by atoms with van der Waals surface area (Å²) in [6.45, 7) is 4.37. The van der Waals surface area contributed by atoms with Crippen molar-refractivity contribution in [2.75, 3.05) is 18.5 Å². The second kappa shape index (κ2) is 8.92. The predicted octanol–water partition coefficient (Wildman–Crippen LogP) is 3.16. The summed E-state index contributed by atoms with van der Waals surface area (Å²) in [4.78, 5) is 22.5. The van der Waals surface area contributed by atoms with Crippen molar-refractivity contribution in [1.29, 1.82) is 0 Å². The lowest BCUT2D eigenvalue weighted by molar-refractivity contribution is 0.0926. The van der Waals surface area contributed by atoms with E-state index in [4.69, 9.17) is 5.11 Å². The third-order valence-corrected chi connectivity index (χ3v) is 5.56. The Morgan fingerprint density at radius 3 is 2.78 bits per heavy atom. The van der Waals surface area contributed by atoms with Crippen LogP contribution >= 0.6 is 11.3 Å². The summed E-state index contributed by atoms with van der Waals surface area (Å²) in [7, 11) is 0. The number of aliphatic hydroxyl groups excluding tert-OH is 1. The van der Waals surface area contributed by atoms with Crippen LogP contribution in [0.4, 0.5) is 5.82 Å². The number of rotatable bonds is 8. The molecule has 0 saturated carbocycles. The predicted molar refractivity (Wildman–Crippen MR) is 109 cm³/mol. The van der Waals surface area contributed by atoms with Gasteiger partial charge in [-0.25, -0.2) is 9.97 Å². The third kappa shape index (κ3) is 4.61. The first kappa shape index (κ1) is 19.3. The fourth-order valence-electron chi connectivity index (χ4n) is 2.90. The average molecular weight is 385 g/mol. The highest BCUT2D eigenvalue weighted by Crippen LogP contribution is 2.33. The first-order valence-corrected chi connectivity index (χ1v) is 9.85. The molecule has 142 valence electrons. The van der Waals surface area contributed by atoms with Crippen LogP contribution in [0.15, 0.2) is 36.7 Å². The summed E-state index contributed by atoms with van der Waals surface area (Å²) in [5.74, 6) is 0.572. The average Bonchev–Trinajstić information content (AvgIpc) is 3.03. The van der Waals surface area contributed by atoms with E-state index in [0.717, 1.165) is 41.0 Å². The molecule has 0 bridgehead atoms. The number of anilines is 1. The van der Waals surface area contributed by atoms with Crippen LogP contribution in [0, 0.1) is 6.92 Å². The molecule has 0 aliphatic rings. The number of hydrogen-bond donors (Lipinski definition) is 3. The van der Waals surface area contributed by atoms with E-state index in [1.165, 1.54) is 23.2 Å². The lowest BCUT2D eigenvalue weighted by Gasteiger charge is -2.10. The molecule has 3 aromatic rings. The quantitative estimate of drug-likeness (QED) is 0.519. The maximum absolute atomic E-state index is 12.5. The van der Waals surface area contributed by atoms with Gasteiger partial charge in [-0.2, -0.15) is 0 Å². The SMILES string of the molecule is Cc1c(C(=O)NC(C)CO)sc2ncnc(NCCCc3ccccc3)c12. The number of aromatic nitrogens is 2. The van der Waals surface area contributed by atoms with Gasteiger partial charge in [0.15, 0.2) is 0 Å². The molecular formula is C20H24N4O2S. The van der Waals surface area contributed by atoms with Crippen LogP contribution in [0.1, 0.15) is 34.1 Å². The van der Waals surface area contributed by atoms with Crippen molar-refractivity contribution < 1.29 is 9.90 Å². The first-order valence-electron chi connectivity index (χ1n) is 9.03. The number of thiophene rings is 1. The highest BCUT2D eigenvalue weighted by Gasteiger charge is 2.20. The van der Waals surface area contributed by atoms with Crippen molar-refractivity contribution in [2.45, 2.75) is 32.7 Å². The second-order valence-electron chi connectivity index (χ2n) is 6.53. The Bertz CT molecular complexity index is 911. The fraction of sp³-hybridized carbons (Fsp3) is 0.350. The van der Waals surface area contributed by atoms with Crippen LogP contribution in [0.3, 0.4) is 0 Å². The largest absolute Gasteiger partial charge is 0.394 e. The molecule has 0 fully saturated rings. The van der Waals surface area contributed by atoms with Gasteiger partial charge in [0.25, 0.3) is 5.91 Å². The molecule has 1 aromatic carbocycles. The monoisotopic (exact) mass is 384 g/mol. The maximum atomic E-state index is 12.5. The number of aryl methyl sites for hydroxylation is 2. The number of nitrogens with zero attached hydrogens (tertiary/aromatic N) is 2. The normalized spacial score (nSPS) is 12.1. The first-order chi connectivity index (χ1) is 13.1. The van der Waals surface area contributed by atoms with Crippen LogP contribution in [-0.4, -0.2) is 40.2 Å². The molecule has 0 aliphatic carbocycles. The Morgan fingerprint density at radius 1 is 1.26 bits per heavy atom. The minimum atomic E-state index is -0.288. The molecule has 7 heteroatoms. The zero-order valence-corrected chi connectivity index (χ0v) is 16.3. The third-order valence-electron chi connectivity index (χ3n) is 4.36. The van der Waals surface area contributed by atoms with E-state index in [-0.39, 0.29) is 18.6 Å². The van der Waals surface area contributed by atoms with Gasteiger partial charge in [-0.3, -0.25) is 4.79 Å². The zero-order valence-electron chi connectivity index (χ0n) is 15.5. The topological polar surface area (TPSA) is 87.1 Å². The lowest BCUT2D eigenvalue weighted by Crippen LogP contribution is -2.34. The summed E-state index contributed by atoms with van der Waals surface area (Å²) in [6, 6.07) is 10.1. The Morgan fingerprint density at radius 2 is 2.04 bits per heavy atom.